The molecular formula is C52H100O6. The van der Waals surface area contributed by atoms with Crippen LogP contribution in [-0.2, 0) is 28.6 Å². The van der Waals surface area contributed by atoms with Crippen LogP contribution in [0.2, 0.25) is 0 Å². The standard InChI is InChI=1S/C52H100O6/c1-46(2)38-32-26-20-16-12-10-8-7-9-11-13-18-22-29-35-41-50(53)56-44-49(45-57-51(54)42-36-30-25-24-28-34-40-48(5)6)58-52(55)43-37-31-23-19-15-14-17-21-27-33-39-47(3)4/h46-49H,7-45H2,1-6H3/t49-/m1/s1. The predicted molar refractivity (Wildman–Crippen MR) is 247 cm³/mol. The second-order valence-electron chi connectivity index (χ2n) is 19.2. The van der Waals surface area contributed by atoms with Crippen molar-refractivity contribution in [2.75, 3.05) is 13.2 Å². The zero-order valence-electron chi connectivity index (χ0n) is 39.8. The van der Waals surface area contributed by atoms with Gasteiger partial charge in [0.15, 0.2) is 6.10 Å². The zero-order valence-corrected chi connectivity index (χ0v) is 39.8. The molecule has 0 fully saturated rings. The SMILES string of the molecule is CC(C)CCCCCCCCCCCCCCCCCC(=O)OC[C@H](COC(=O)CCCCCCCCC(C)C)OC(=O)CCCCCCCCCCCCC(C)C. The van der Waals surface area contributed by atoms with Gasteiger partial charge in [-0.15, -0.1) is 0 Å². The van der Waals surface area contributed by atoms with Crippen LogP contribution in [0.4, 0.5) is 0 Å². The molecule has 6 heteroatoms. The van der Waals surface area contributed by atoms with Crippen molar-refractivity contribution in [2.45, 2.75) is 285 Å². The van der Waals surface area contributed by atoms with Gasteiger partial charge in [-0.3, -0.25) is 14.4 Å². The van der Waals surface area contributed by atoms with E-state index in [1.165, 1.54) is 161 Å². The quantitative estimate of drug-likeness (QED) is 0.0346. The van der Waals surface area contributed by atoms with Gasteiger partial charge >= 0.3 is 17.9 Å². The second-order valence-corrected chi connectivity index (χ2v) is 19.2. The van der Waals surface area contributed by atoms with E-state index < -0.39 is 6.10 Å². The lowest BCUT2D eigenvalue weighted by Crippen LogP contribution is -2.30. The molecule has 58 heavy (non-hydrogen) atoms. The highest BCUT2D eigenvalue weighted by Crippen LogP contribution is 2.17. The maximum atomic E-state index is 12.8. The minimum Gasteiger partial charge on any atom is -0.462 e. The molecule has 1 atom stereocenters. The van der Waals surface area contributed by atoms with Crippen LogP contribution in [-0.4, -0.2) is 37.2 Å². The van der Waals surface area contributed by atoms with Crippen molar-refractivity contribution in [3.8, 4) is 0 Å². The van der Waals surface area contributed by atoms with Crippen LogP contribution in [0.15, 0.2) is 0 Å². The lowest BCUT2D eigenvalue weighted by atomic mass is 10.0. The Bertz CT molecular complexity index is 898. The smallest absolute Gasteiger partial charge is 0.306 e. The lowest BCUT2D eigenvalue weighted by molar-refractivity contribution is -0.167. The summed E-state index contributed by atoms with van der Waals surface area (Å²) >= 11 is 0. The van der Waals surface area contributed by atoms with Crippen LogP contribution < -0.4 is 0 Å². The van der Waals surface area contributed by atoms with Crippen LogP contribution in [0.3, 0.4) is 0 Å². The summed E-state index contributed by atoms with van der Waals surface area (Å²) in [7, 11) is 0. The van der Waals surface area contributed by atoms with Gasteiger partial charge in [-0.25, -0.2) is 0 Å². The summed E-state index contributed by atoms with van der Waals surface area (Å²) in [5.41, 5.74) is 0. The first-order valence-electron chi connectivity index (χ1n) is 25.6. The Labute approximate surface area is 361 Å². The van der Waals surface area contributed by atoms with Crippen LogP contribution in [0.1, 0.15) is 279 Å². The molecular weight excluding hydrogens is 721 g/mol. The Kier molecular flexibility index (Phi) is 42.3. The average molecular weight is 821 g/mol. The molecule has 0 saturated heterocycles. The summed E-state index contributed by atoms with van der Waals surface area (Å²) in [6, 6.07) is 0. The molecule has 0 aliphatic rings. The highest BCUT2D eigenvalue weighted by Gasteiger charge is 2.19. The fourth-order valence-corrected chi connectivity index (χ4v) is 7.76. The van der Waals surface area contributed by atoms with Gasteiger partial charge in [0.05, 0.1) is 0 Å². The van der Waals surface area contributed by atoms with Gasteiger partial charge in [-0.1, -0.05) is 241 Å². The molecule has 0 bridgehead atoms. The van der Waals surface area contributed by atoms with Gasteiger partial charge in [-0.2, -0.15) is 0 Å². The highest BCUT2D eigenvalue weighted by molar-refractivity contribution is 5.71. The van der Waals surface area contributed by atoms with Crippen molar-refractivity contribution in [3.63, 3.8) is 0 Å². The third-order valence-corrected chi connectivity index (χ3v) is 11.6. The number of rotatable bonds is 45. The molecule has 0 amide bonds. The van der Waals surface area contributed by atoms with Crippen molar-refractivity contribution < 1.29 is 28.6 Å². The van der Waals surface area contributed by atoms with E-state index in [0.29, 0.717) is 19.3 Å². The molecule has 0 spiro atoms. The summed E-state index contributed by atoms with van der Waals surface area (Å²) < 4.78 is 16.8. The molecule has 0 aromatic carbocycles. The maximum absolute atomic E-state index is 12.8. The average Bonchev–Trinajstić information content (AvgIpc) is 3.18. The summed E-state index contributed by atoms with van der Waals surface area (Å²) in [6.07, 6.45) is 42.5. The molecule has 0 unspecified atom stereocenters. The van der Waals surface area contributed by atoms with Crippen molar-refractivity contribution in [3.05, 3.63) is 0 Å². The molecule has 6 nitrogen and oxygen atoms in total. The second kappa shape index (κ2) is 43.5. The monoisotopic (exact) mass is 821 g/mol. The third-order valence-electron chi connectivity index (χ3n) is 11.6. The first-order valence-corrected chi connectivity index (χ1v) is 25.6. The van der Waals surface area contributed by atoms with E-state index in [-0.39, 0.29) is 31.1 Å². The Hall–Kier alpha value is -1.59. The molecule has 0 N–H and O–H groups in total. The largest absolute Gasteiger partial charge is 0.462 e. The van der Waals surface area contributed by atoms with Crippen LogP contribution >= 0.6 is 0 Å². The predicted octanol–water partition coefficient (Wildman–Crippen LogP) is 16.4. The van der Waals surface area contributed by atoms with Gasteiger partial charge in [-0.05, 0) is 37.0 Å². The van der Waals surface area contributed by atoms with Crippen molar-refractivity contribution in [1.82, 2.24) is 0 Å². The van der Waals surface area contributed by atoms with Gasteiger partial charge in [0.25, 0.3) is 0 Å². The molecule has 0 saturated carbocycles. The van der Waals surface area contributed by atoms with Crippen LogP contribution in [0, 0.1) is 17.8 Å². The number of unbranched alkanes of at least 4 members (excludes halogenated alkanes) is 28. The first-order chi connectivity index (χ1) is 28.1. The first kappa shape index (κ1) is 56.4. The van der Waals surface area contributed by atoms with Gasteiger partial charge in [0, 0.05) is 19.3 Å². The lowest BCUT2D eigenvalue weighted by Gasteiger charge is -2.18. The fraction of sp³-hybridized carbons (Fsp3) is 0.942. The van der Waals surface area contributed by atoms with Crippen molar-refractivity contribution in [1.29, 1.82) is 0 Å². The van der Waals surface area contributed by atoms with E-state index in [4.69, 9.17) is 14.2 Å². The van der Waals surface area contributed by atoms with E-state index in [9.17, 15) is 14.4 Å². The number of hydrogen-bond donors (Lipinski definition) is 0. The van der Waals surface area contributed by atoms with Crippen molar-refractivity contribution >= 4 is 17.9 Å². The molecule has 344 valence electrons. The summed E-state index contributed by atoms with van der Waals surface area (Å²) in [4.78, 5) is 37.8. The zero-order chi connectivity index (χ0) is 42.7. The topological polar surface area (TPSA) is 78.9 Å². The molecule has 0 aromatic heterocycles. The molecule has 0 radical (unpaired) electrons. The number of carbonyl (C=O) groups is 3. The number of ether oxygens (including phenoxy) is 3. The highest BCUT2D eigenvalue weighted by atomic mass is 16.6. The van der Waals surface area contributed by atoms with E-state index in [1.54, 1.807) is 0 Å². The summed E-state index contributed by atoms with van der Waals surface area (Å²) in [5.74, 6) is 1.57. The van der Waals surface area contributed by atoms with Gasteiger partial charge in [0.1, 0.15) is 13.2 Å². The van der Waals surface area contributed by atoms with E-state index in [2.05, 4.69) is 41.5 Å². The minimum atomic E-state index is -0.763. The van der Waals surface area contributed by atoms with Gasteiger partial charge in [0.2, 0.25) is 0 Å². The normalized spacial score (nSPS) is 12.2. The maximum Gasteiger partial charge on any atom is 0.306 e. The molecule has 0 aliphatic heterocycles. The third kappa shape index (κ3) is 45.5. The Morgan fingerprint density at radius 2 is 0.500 bits per heavy atom. The minimum absolute atomic E-state index is 0.0655. The number of esters is 3. The van der Waals surface area contributed by atoms with E-state index in [1.807, 2.05) is 0 Å². The summed E-state index contributed by atoms with van der Waals surface area (Å²) in [5, 5.41) is 0. The summed E-state index contributed by atoms with van der Waals surface area (Å²) in [6.45, 7) is 13.6. The van der Waals surface area contributed by atoms with E-state index in [0.717, 1.165) is 75.5 Å². The van der Waals surface area contributed by atoms with Crippen LogP contribution in [0.25, 0.3) is 0 Å². The number of carbonyl (C=O) groups excluding carboxylic acids is 3. The van der Waals surface area contributed by atoms with Gasteiger partial charge < -0.3 is 14.2 Å². The molecule has 0 rings (SSSR count). The fourth-order valence-electron chi connectivity index (χ4n) is 7.76. The molecule has 0 aliphatic carbocycles. The Balaban J connectivity index is 4.25. The Morgan fingerprint density at radius 1 is 0.293 bits per heavy atom. The van der Waals surface area contributed by atoms with Crippen LogP contribution in [0.5, 0.6) is 0 Å². The van der Waals surface area contributed by atoms with E-state index >= 15 is 0 Å². The Morgan fingerprint density at radius 3 is 0.741 bits per heavy atom. The number of hydrogen-bond acceptors (Lipinski definition) is 6. The van der Waals surface area contributed by atoms with Crippen molar-refractivity contribution in [2.24, 2.45) is 17.8 Å². The molecule has 0 aromatic rings. The molecule has 0 heterocycles.